The van der Waals surface area contributed by atoms with Crippen LogP contribution >= 0.6 is 0 Å². The molecule has 8 heteroatoms. The first-order valence-corrected chi connectivity index (χ1v) is 7.57. The number of carbonyl (C=O) groups excluding carboxylic acids is 1. The summed E-state index contributed by atoms with van der Waals surface area (Å²) in [5, 5.41) is 4.56. The number of aromatic nitrogens is 4. The highest BCUT2D eigenvalue weighted by Crippen LogP contribution is 2.39. The average molecular weight is 302 g/mol. The molecular formula is C14H18N6O2. The highest BCUT2D eigenvalue weighted by atomic mass is 16.3. The number of carbonyl (C=O) groups is 1. The van der Waals surface area contributed by atoms with E-state index in [2.05, 4.69) is 15.1 Å². The van der Waals surface area contributed by atoms with Gasteiger partial charge < -0.3 is 15.1 Å². The summed E-state index contributed by atoms with van der Waals surface area (Å²) < 4.78 is 7.08. The van der Waals surface area contributed by atoms with Crippen molar-refractivity contribution in [2.24, 2.45) is 5.73 Å². The highest BCUT2D eigenvalue weighted by Gasteiger charge is 2.35. The first kappa shape index (κ1) is 13.4. The molecule has 2 N–H and O–H groups in total. The number of rotatable bonds is 3. The van der Waals surface area contributed by atoms with Crippen molar-refractivity contribution in [1.29, 1.82) is 0 Å². The Bertz CT molecular complexity index is 717. The SMILES string of the molecule is C[C@@H]1c2nc(C3CC3)nn2CCN1C(=O)c1coc(CN)n1. The van der Waals surface area contributed by atoms with Crippen LogP contribution in [0, 0.1) is 0 Å². The molecule has 116 valence electrons. The molecule has 2 aliphatic rings. The molecule has 1 saturated carbocycles. The first-order chi connectivity index (χ1) is 10.7. The number of oxazole rings is 1. The second kappa shape index (κ2) is 4.91. The molecule has 0 spiro atoms. The zero-order valence-electron chi connectivity index (χ0n) is 12.4. The predicted octanol–water partition coefficient (Wildman–Crippen LogP) is 0.819. The largest absolute Gasteiger partial charge is 0.447 e. The minimum Gasteiger partial charge on any atom is -0.447 e. The van der Waals surface area contributed by atoms with Crippen molar-refractivity contribution in [1.82, 2.24) is 24.6 Å². The van der Waals surface area contributed by atoms with Crippen LogP contribution in [0.2, 0.25) is 0 Å². The lowest BCUT2D eigenvalue weighted by molar-refractivity contribution is 0.0624. The summed E-state index contributed by atoms with van der Waals surface area (Å²) in [5.74, 6) is 2.49. The van der Waals surface area contributed by atoms with Gasteiger partial charge in [-0.05, 0) is 19.8 Å². The van der Waals surface area contributed by atoms with E-state index in [1.165, 1.54) is 19.1 Å². The smallest absolute Gasteiger partial charge is 0.276 e. The summed E-state index contributed by atoms with van der Waals surface area (Å²) >= 11 is 0. The topological polar surface area (TPSA) is 103 Å². The molecule has 2 aromatic heterocycles. The molecule has 1 amide bonds. The molecule has 1 fully saturated rings. The molecule has 0 unspecified atom stereocenters. The Morgan fingerprint density at radius 1 is 1.41 bits per heavy atom. The van der Waals surface area contributed by atoms with Crippen LogP contribution in [0.15, 0.2) is 10.7 Å². The molecule has 1 aliphatic carbocycles. The van der Waals surface area contributed by atoms with Crippen molar-refractivity contribution < 1.29 is 9.21 Å². The van der Waals surface area contributed by atoms with E-state index in [0.717, 1.165) is 11.6 Å². The fraction of sp³-hybridized carbons (Fsp3) is 0.571. The molecule has 8 nitrogen and oxygen atoms in total. The van der Waals surface area contributed by atoms with Crippen LogP contribution in [-0.2, 0) is 13.1 Å². The monoisotopic (exact) mass is 302 g/mol. The van der Waals surface area contributed by atoms with Crippen molar-refractivity contribution in [3.05, 3.63) is 29.5 Å². The number of nitrogens with zero attached hydrogens (tertiary/aromatic N) is 5. The number of nitrogens with two attached hydrogens (primary N) is 1. The van der Waals surface area contributed by atoms with Gasteiger partial charge in [0.2, 0.25) is 5.89 Å². The lowest BCUT2D eigenvalue weighted by Crippen LogP contribution is -2.41. The summed E-state index contributed by atoms with van der Waals surface area (Å²) in [6.45, 7) is 3.40. The first-order valence-electron chi connectivity index (χ1n) is 7.57. The lowest BCUT2D eigenvalue weighted by Gasteiger charge is -2.32. The van der Waals surface area contributed by atoms with Gasteiger partial charge in [0.15, 0.2) is 11.5 Å². The molecule has 0 bridgehead atoms. The van der Waals surface area contributed by atoms with Crippen LogP contribution in [0.5, 0.6) is 0 Å². The molecular weight excluding hydrogens is 284 g/mol. The Balaban J connectivity index is 1.59. The predicted molar refractivity (Wildman–Crippen MR) is 75.8 cm³/mol. The van der Waals surface area contributed by atoms with Gasteiger partial charge in [-0.2, -0.15) is 5.10 Å². The molecule has 1 aliphatic heterocycles. The quantitative estimate of drug-likeness (QED) is 0.900. The zero-order chi connectivity index (χ0) is 15.3. The van der Waals surface area contributed by atoms with Crippen LogP contribution in [0.25, 0.3) is 0 Å². The Hall–Kier alpha value is -2.22. The Labute approximate surface area is 127 Å². The third-order valence-corrected chi connectivity index (χ3v) is 4.26. The molecule has 4 rings (SSSR count). The van der Waals surface area contributed by atoms with Crippen molar-refractivity contribution >= 4 is 5.91 Å². The Morgan fingerprint density at radius 3 is 2.91 bits per heavy atom. The normalized spacial score (nSPS) is 21.0. The molecule has 1 atom stereocenters. The molecule has 2 aromatic rings. The van der Waals surface area contributed by atoms with Crippen molar-refractivity contribution in [2.45, 2.75) is 44.8 Å². The van der Waals surface area contributed by atoms with Crippen LogP contribution in [0.4, 0.5) is 0 Å². The van der Waals surface area contributed by atoms with Crippen LogP contribution < -0.4 is 5.73 Å². The number of hydrogen-bond donors (Lipinski definition) is 1. The molecule has 0 radical (unpaired) electrons. The highest BCUT2D eigenvalue weighted by molar-refractivity contribution is 5.92. The minimum absolute atomic E-state index is 0.126. The maximum Gasteiger partial charge on any atom is 0.276 e. The van der Waals surface area contributed by atoms with Crippen LogP contribution in [0.3, 0.4) is 0 Å². The third-order valence-electron chi connectivity index (χ3n) is 4.26. The summed E-state index contributed by atoms with van der Waals surface area (Å²) in [6.07, 6.45) is 3.70. The van der Waals surface area contributed by atoms with Gasteiger partial charge in [0.25, 0.3) is 5.91 Å². The van der Waals surface area contributed by atoms with Gasteiger partial charge in [-0.25, -0.2) is 14.6 Å². The summed E-state index contributed by atoms with van der Waals surface area (Å²) in [4.78, 5) is 23.1. The van der Waals surface area contributed by atoms with E-state index in [4.69, 9.17) is 10.2 Å². The van der Waals surface area contributed by atoms with E-state index in [9.17, 15) is 4.79 Å². The van der Waals surface area contributed by atoms with Gasteiger partial charge in [-0.15, -0.1) is 0 Å². The lowest BCUT2D eigenvalue weighted by atomic mass is 10.2. The van der Waals surface area contributed by atoms with Gasteiger partial charge in [0.1, 0.15) is 12.1 Å². The van der Waals surface area contributed by atoms with Crippen molar-refractivity contribution in [2.75, 3.05) is 6.54 Å². The van der Waals surface area contributed by atoms with Crippen LogP contribution in [-0.4, -0.2) is 37.1 Å². The van der Waals surface area contributed by atoms with E-state index >= 15 is 0 Å². The fourth-order valence-corrected chi connectivity index (χ4v) is 2.82. The Morgan fingerprint density at radius 2 is 2.23 bits per heavy atom. The van der Waals surface area contributed by atoms with Gasteiger partial charge in [0.05, 0.1) is 19.1 Å². The zero-order valence-corrected chi connectivity index (χ0v) is 12.4. The number of amides is 1. The molecule has 0 saturated heterocycles. The van der Waals surface area contributed by atoms with E-state index in [-0.39, 0.29) is 18.5 Å². The van der Waals surface area contributed by atoms with E-state index < -0.39 is 0 Å². The summed E-state index contributed by atoms with van der Waals surface area (Å²) in [5.41, 5.74) is 5.76. The second-order valence-electron chi connectivity index (χ2n) is 5.83. The maximum atomic E-state index is 12.6. The standard InChI is InChI=1S/C14H18N6O2/c1-8-13-17-12(9-2-3-9)18-20(13)5-4-19(8)14(21)10-7-22-11(6-15)16-10/h7-9H,2-6,15H2,1H3/t8-/m1/s1. The fourth-order valence-electron chi connectivity index (χ4n) is 2.82. The van der Waals surface area contributed by atoms with Gasteiger partial charge in [0, 0.05) is 12.5 Å². The van der Waals surface area contributed by atoms with E-state index in [1.807, 2.05) is 11.6 Å². The maximum absolute atomic E-state index is 12.6. The van der Waals surface area contributed by atoms with E-state index in [0.29, 0.717) is 30.6 Å². The Kier molecular flexibility index (Phi) is 3.00. The third kappa shape index (κ3) is 2.10. The van der Waals surface area contributed by atoms with Crippen molar-refractivity contribution in [3.63, 3.8) is 0 Å². The van der Waals surface area contributed by atoms with Gasteiger partial charge >= 0.3 is 0 Å². The summed E-state index contributed by atoms with van der Waals surface area (Å²) in [6, 6.07) is -0.126. The molecule has 22 heavy (non-hydrogen) atoms. The molecule has 3 heterocycles. The second-order valence-corrected chi connectivity index (χ2v) is 5.83. The minimum atomic E-state index is -0.154. The van der Waals surface area contributed by atoms with Crippen LogP contribution in [0.1, 0.15) is 59.8 Å². The van der Waals surface area contributed by atoms with Gasteiger partial charge in [-0.3, -0.25) is 4.79 Å². The summed E-state index contributed by atoms with van der Waals surface area (Å²) in [7, 11) is 0. The average Bonchev–Trinajstić information content (AvgIpc) is 3.11. The van der Waals surface area contributed by atoms with Crippen molar-refractivity contribution in [3.8, 4) is 0 Å². The van der Waals surface area contributed by atoms with E-state index in [1.54, 1.807) is 4.90 Å². The van der Waals surface area contributed by atoms with Gasteiger partial charge in [-0.1, -0.05) is 0 Å². The number of fused-ring (bicyclic) bond motifs is 1. The molecule has 0 aromatic carbocycles. The number of hydrogen-bond acceptors (Lipinski definition) is 6.